The molecule has 0 radical (unpaired) electrons. The van der Waals surface area contributed by atoms with E-state index < -0.39 is 5.97 Å². The van der Waals surface area contributed by atoms with Crippen LogP contribution in [0.3, 0.4) is 0 Å². The molecule has 0 aromatic rings. The third kappa shape index (κ3) is 4.95. The summed E-state index contributed by atoms with van der Waals surface area (Å²) >= 11 is 0. The van der Waals surface area contributed by atoms with Crippen molar-refractivity contribution in [1.82, 2.24) is 0 Å². The van der Waals surface area contributed by atoms with Gasteiger partial charge < -0.3 is 5.11 Å². The molecule has 1 N–H and O–H groups in total. The number of carboxylic acids is 1. The lowest BCUT2D eigenvalue weighted by Gasteiger charge is -2.13. The molecule has 0 saturated heterocycles. The Morgan fingerprint density at radius 3 is 1.94 bits per heavy atom. The molecule has 18 heavy (non-hydrogen) atoms. The normalized spacial score (nSPS) is 14.0. The quantitative estimate of drug-likeness (QED) is 0.579. The molecule has 0 spiro atoms. The Kier molecular flexibility index (Phi) is 6.03. The van der Waals surface area contributed by atoms with Gasteiger partial charge in [-0.15, -0.1) is 0 Å². The standard InChI is InChI=1S/C15H20O3/c1-9(2)7-13(15(17)18)12(6)11(5)8-14(16)10(3)4/h7-8,12H,1,3H2,2,4-6H3,(H,17,18)/b11-8+,13-7+. The number of ketones is 1. The van der Waals surface area contributed by atoms with E-state index in [1.54, 1.807) is 27.7 Å². The van der Waals surface area contributed by atoms with Crippen molar-refractivity contribution >= 4 is 11.8 Å². The Labute approximate surface area is 108 Å². The second-order valence-electron chi connectivity index (χ2n) is 4.51. The van der Waals surface area contributed by atoms with Gasteiger partial charge in [-0.3, -0.25) is 4.79 Å². The van der Waals surface area contributed by atoms with E-state index in [4.69, 9.17) is 5.11 Å². The molecule has 0 saturated carbocycles. The van der Waals surface area contributed by atoms with Crippen molar-refractivity contribution in [3.63, 3.8) is 0 Å². The van der Waals surface area contributed by atoms with Gasteiger partial charge in [0.25, 0.3) is 0 Å². The van der Waals surface area contributed by atoms with Gasteiger partial charge in [-0.1, -0.05) is 31.2 Å². The van der Waals surface area contributed by atoms with Crippen molar-refractivity contribution in [2.75, 3.05) is 0 Å². The van der Waals surface area contributed by atoms with Crippen molar-refractivity contribution < 1.29 is 14.7 Å². The number of hydrogen-bond donors (Lipinski definition) is 1. The lowest BCUT2D eigenvalue weighted by atomic mass is 9.91. The lowest BCUT2D eigenvalue weighted by molar-refractivity contribution is -0.133. The van der Waals surface area contributed by atoms with E-state index in [-0.39, 0.29) is 17.3 Å². The fourth-order valence-corrected chi connectivity index (χ4v) is 1.34. The molecule has 0 aliphatic heterocycles. The third-order valence-corrected chi connectivity index (χ3v) is 2.58. The zero-order valence-corrected chi connectivity index (χ0v) is 11.4. The van der Waals surface area contributed by atoms with Gasteiger partial charge in [-0.2, -0.15) is 0 Å². The van der Waals surface area contributed by atoms with E-state index in [1.807, 2.05) is 0 Å². The first-order valence-electron chi connectivity index (χ1n) is 5.65. The summed E-state index contributed by atoms with van der Waals surface area (Å²) in [4.78, 5) is 22.7. The van der Waals surface area contributed by atoms with Crippen molar-refractivity contribution in [2.45, 2.75) is 27.7 Å². The smallest absolute Gasteiger partial charge is 0.332 e. The summed E-state index contributed by atoms with van der Waals surface area (Å²) in [5.41, 5.74) is 2.02. The Morgan fingerprint density at radius 1 is 1.11 bits per heavy atom. The van der Waals surface area contributed by atoms with Gasteiger partial charge in [0, 0.05) is 11.5 Å². The Bertz CT molecular complexity index is 450. The highest BCUT2D eigenvalue weighted by Gasteiger charge is 2.18. The van der Waals surface area contributed by atoms with E-state index in [1.165, 1.54) is 12.2 Å². The number of carbonyl (C=O) groups excluding carboxylic acids is 1. The summed E-state index contributed by atoms with van der Waals surface area (Å²) < 4.78 is 0. The highest BCUT2D eigenvalue weighted by atomic mass is 16.4. The van der Waals surface area contributed by atoms with Crippen LogP contribution in [0.15, 0.2) is 47.6 Å². The molecule has 0 rings (SSSR count). The number of carbonyl (C=O) groups is 2. The van der Waals surface area contributed by atoms with Crippen LogP contribution in [0.25, 0.3) is 0 Å². The number of hydrogen-bond acceptors (Lipinski definition) is 2. The molecule has 0 aliphatic rings. The molecule has 1 atom stereocenters. The summed E-state index contributed by atoms with van der Waals surface area (Å²) in [6, 6.07) is 0. The average molecular weight is 248 g/mol. The first-order chi connectivity index (χ1) is 8.16. The summed E-state index contributed by atoms with van der Waals surface area (Å²) in [5, 5.41) is 9.15. The van der Waals surface area contributed by atoms with Crippen LogP contribution in [-0.2, 0) is 9.59 Å². The summed E-state index contributed by atoms with van der Waals surface area (Å²) in [6.45, 7) is 14.1. The zero-order valence-electron chi connectivity index (χ0n) is 11.4. The second-order valence-corrected chi connectivity index (χ2v) is 4.51. The predicted molar refractivity (Wildman–Crippen MR) is 73.3 cm³/mol. The molecule has 0 aliphatic carbocycles. The third-order valence-electron chi connectivity index (χ3n) is 2.58. The molecule has 0 bridgehead atoms. The van der Waals surface area contributed by atoms with E-state index >= 15 is 0 Å². The first-order valence-corrected chi connectivity index (χ1v) is 5.65. The number of aliphatic carboxylic acids is 1. The minimum absolute atomic E-state index is 0.181. The van der Waals surface area contributed by atoms with Crippen LogP contribution in [0, 0.1) is 5.92 Å². The monoisotopic (exact) mass is 248 g/mol. The zero-order chi connectivity index (χ0) is 14.5. The number of rotatable bonds is 6. The van der Waals surface area contributed by atoms with Crippen molar-refractivity contribution in [3.8, 4) is 0 Å². The van der Waals surface area contributed by atoms with Crippen LogP contribution in [0.5, 0.6) is 0 Å². The molecular formula is C15H20O3. The van der Waals surface area contributed by atoms with Crippen LogP contribution < -0.4 is 0 Å². The van der Waals surface area contributed by atoms with E-state index in [0.29, 0.717) is 16.7 Å². The fourth-order valence-electron chi connectivity index (χ4n) is 1.34. The summed E-state index contributed by atoms with van der Waals surface area (Å²) in [7, 11) is 0. The minimum Gasteiger partial charge on any atom is -0.478 e. The van der Waals surface area contributed by atoms with Gasteiger partial charge >= 0.3 is 5.97 Å². The van der Waals surface area contributed by atoms with E-state index in [0.717, 1.165) is 0 Å². The van der Waals surface area contributed by atoms with Crippen molar-refractivity contribution in [1.29, 1.82) is 0 Å². The Hall–Kier alpha value is -1.90. The average Bonchev–Trinajstić information content (AvgIpc) is 2.23. The van der Waals surface area contributed by atoms with Gasteiger partial charge in [-0.05, 0) is 38.5 Å². The van der Waals surface area contributed by atoms with Gasteiger partial charge in [0.2, 0.25) is 0 Å². The van der Waals surface area contributed by atoms with Crippen molar-refractivity contribution in [2.24, 2.45) is 5.92 Å². The molecule has 0 aromatic heterocycles. The highest BCUT2D eigenvalue weighted by molar-refractivity contribution is 6.03. The molecule has 0 heterocycles. The molecule has 3 nitrogen and oxygen atoms in total. The number of carboxylic acid groups (broad SMARTS) is 1. The van der Waals surface area contributed by atoms with E-state index in [2.05, 4.69) is 13.2 Å². The molecule has 0 aromatic carbocycles. The second kappa shape index (κ2) is 6.74. The summed E-state index contributed by atoms with van der Waals surface area (Å²) in [5.74, 6) is -1.53. The van der Waals surface area contributed by atoms with Crippen LogP contribution in [-0.4, -0.2) is 16.9 Å². The molecule has 3 heteroatoms. The molecule has 98 valence electrons. The SMILES string of the molecule is C=C(C)/C=C(/C(=O)O)C(C)/C(C)=C/C(=O)C(=C)C. The fraction of sp³-hybridized carbons (Fsp3) is 0.333. The molecular weight excluding hydrogens is 228 g/mol. The van der Waals surface area contributed by atoms with Crippen LogP contribution in [0.1, 0.15) is 27.7 Å². The Morgan fingerprint density at radius 2 is 1.61 bits per heavy atom. The van der Waals surface area contributed by atoms with Crippen LogP contribution >= 0.6 is 0 Å². The van der Waals surface area contributed by atoms with Crippen LogP contribution in [0.4, 0.5) is 0 Å². The van der Waals surface area contributed by atoms with Crippen molar-refractivity contribution in [3.05, 3.63) is 47.6 Å². The first kappa shape index (κ1) is 16.1. The van der Waals surface area contributed by atoms with Gasteiger partial charge in [0.15, 0.2) is 5.78 Å². The maximum atomic E-state index is 11.5. The molecule has 0 fully saturated rings. The maximum Gasteiger partial charge on any atom is 0.332 e. The van der Waals surface area contributed by atoms with Gasteiger partial charge in [0.1, 0.15) is 0 Å². The number of allylic oxidation sites excluding steroid dienone is 5. The Balaban J connectivity index is 5.29. The minimum atomic E-state index is -0.999. The topological polar surface area (TPSA) is 54.4 Å². The van der Waals surface area contributed by atoms with Gasteiger partial charge in [-0.25, -0.2) is 4.79 Å². The maximum absolute atomic E-state index is 11.5. The summed E-state index contributed by atoms with van der Waals surface area (Å²) in [6.07, 6.45) is 2.96. The molecule has 0 amide bonds. The predicted octanol–water partition coefficient (Wildman–Crippen LogP) is 3.30. The van der Waals surface area contributed by atoms with Gasteiger partial charge in [0.05, 0.1) is 0 Å². The van der Waals surface area contributed by atoms with E-state index in [9.17, 15) is 9.59 Å². The van der Waals surface area contributed by atoms with Crippen LogP contribution in [0.2, 0.25) is 0 Å². The lowest BCUT2D eigenvalue weighted by Crippen LogP contribution is -2.12. The molecule has 1 unspecified atom stereocenters. The highest BCUT2D eigenvalue weighted by Crippen LogP contribution is 2.21. The largest absolute Gasteiger partial charge is 0.478 e.